The topological polar surface area (TPSA) is 18.5 Å². The van der Waals surface area contributed by atoms with Gasteiger partial charge < -0.3 is 9.05 Å². The smallest absolute Gasteiger partial charge is 0.317 e. The van der Waals surface area contributed by atoms with Crippen molar-refractivity contribution >= 4 is 44.8 Å². The summed E-state index contributed by atoms with van der Waals surface area (Å²) >= 11 is 1.47. The molecule has 4 aromatic carbocycles. The van der Waals surface area contributed by atoms with Crippen molar-refractivity contribution < 1.29 is 26.9 Å². The molecule has 35 heavy (non-hydrogen) atoms. The quantitative estimate of drug-likeness (QED) is 0.155. The van der Waals surface area contributed by atoms with Crippen molar-refractivity contribution in [2.24, 2.45) is 29.6 Å². The monoisotopic (exact) mass is 683 g/mol. The predicted molar refractivity (Wildman–Crippen MR) is 146 cm³/mol. The van der Waals surface area contributed by atoms with E-state index in [4.69, 9.17) is 9.05 Å². The first-order valence-corrected chi connectivity index (χ1v) is 16.3. The molecule has 0 radical (unpaired) electrons. The Morgan fingerprint density at radius 2 is 1.29 bits per heavy atom. The summed E-state index contributed by atoms with van der Waals surface area (Å²) in [5.41, 5.74) is 0. The van der Waals surface area contributed by atoms with Crippen LogP contribution < -0.4 is 14.4 Å². The molecule has 1 aliphatic carbocycles. The molecule has 1 fully saturated rings. The molecule has 0 bridgehead atoms. The Labute approximate surface area is 225 Å². The van der Waals surface area contributed by atoms with Crippen molar-refractivity contribution in [3.63, 3.8) is 0 Å². The van der Waals surface area contributed by atoms with Gasteiger partial charge in [0.2, 0.25) is 0 Å². The fourth-order valence-electron chi connectivity index (χ4n) is 5.41. The van der Waals surface area contributed by atoms with Gasteiger partial charge in [-0.25, -0.2) is 0 Å². The predicted octanol–water partition coefficient (Wildman–Crippen LogP) is 9.07. The molecule has 1 atom stereocenters. The third-order valence-corrected chi connectivity index (χ3v) is 9.70. The van der Waals surface area contributed by atoms with E-state index in [-0.39, 0.29) is 0 Å². The van der Waals surface area contributed by atoms with E-state index in [9.17, 15) is 0 Å². The summed E-state index contributed by atoms with van der Waals surface area (Å²) in [6, 6.07) is 27.7. The minimum atomic E-state index is -1.16. The molecule has 1 saturated carbocycles. The summed E-state index contributed by atoms with van der Waals surface area (Å²) < 4.78 is 12.4. The molecule has 184 valence electrons. The van der Waals surface area contributed by atoms with Gasteiger partial charge in [0.05, 0.1) is 11.1 Å². The standard InChI is InChI=1S/C20H12O2P.C10H20.ClH.Ir/c1-2-10-16-14(6-1)7-3-11-17(16)21-23-19-13-5-9-15-8-4-12-18(22-23)20(15)19;1-6-7(2)9(4)10(5)8(6)3;;/h1-9,11-13H;6-10H,1-5H3;1H;/q-1;;;+3/p-1. The zero-order valence-electron chi connectivity index (χ0n) is 20.8. The van der Waals surface area contributed by atoms with E-state index in [0.29, 0.717) is 0 Å². The van der Waals surface area contributed by atoms with Crippen LogP contribution in [0.15, 0.2) is 72.8 Å². The van der Waals surface area contributed by atoms with Crippen LogP contribution in [0.5, 0.6) is 11.5 Å². The average Bonchev–Trinajstić information content (AvgIpc) is 3.34. The third-order valence-electron chi connectivity index (χ3n) is 8.21. The van der Waals surface area contributed by atoms with Crippen LogP contribution in [0.4, 0.5) is 0 Å². The Hall–Kier alpha value is -1.63. The second-order valence-corrected chi connectivity index (χ2v) is 11.1. The SMILES string of the molecule is CC1C(C)C(C)C(C)C1C.[Cl][Ir+2].[c-]1cccc2cccc(OP3Oc4cccc5cccc3c45)c12. The van der Waals surface area contributed by atoms with Gasteiger partial charge in [0.15, 0.2) is 0 Å². The number of rotatable bonds is 2. The molecule has 0 amide bonds. The van der Waals surface area contributed by atoms with Crippen molar-refractivity contribution in [3.05, 3.63) is 78.9 Å². The number of benzene rings is 4. The van der Waals surface area contributed by atoms with Crippen molar-refractivity contribution in [3.8, 4) is 11.5 Å². The second kappa shape index (κ2) is 11.6. The van der Waals surface area contributed by atoms with Crippen LogP contribution in [0.1, 0.15) is 34.6 Å². The molecule has 6 rings (SSSR count). The summed E-state index contributed by atoms with van der Waals surface area (Å²) in [5, 5.41) is 5.61. The van der Waals surface area contributed by atoms with Crippen LogP contribution in [0.3, 0.4) is 0 Å². The van der Waals surface area contributed by atoms with Gasteiger partial charge in [0.25, 0.3) is 0 Å². The number of halogens is 1. The van der Waals surface area contributed by atoms with Crippen molar-refractivity contribution in [2.45, 2.75) is 34.6 Å². The molecule has 0 N–H and O–H groups in total. The fourth-order valence-corrected chi connectivity index (χ4v) is 6.93. The zero-order valence-corrected chi connectivity index (χ0v) is 24.8. The maximum atomic E-state index is 6.27. The summed E-state index contributed by atoms with van der Waals surface area (Å²) in [4.78, 5) is 0. The summed E-state index contributed by atoms with van der Waals surface area (Å²) in [6.07, 6.45) is 0. The Kier molecular flexibility index (Phi) is 8.77. The van der Waals surface area contributed by atoms with Gasteiger partial charge in [-0.15, -0.1) is 35.0 Å². The van der Waals surface area contributed by atoms with Crippen molar-refractivity contribution in [1.82, 2.24) is 0 Å². The van der Waals surface area contributed by atoms with Crippen molar-refractivity contribution in [1.29, 1.82) is 0 Å². The molecule has 1 heterocycles. The fraction of sp³-hybridized carbons (Fsp3) is 0.333. The third kappa shape index (κ3) is 5.26. The zero-order chi connectivity index (χ0) is 25.1. The molecular weight excluding hydrogens is 651 g/mol. The minimum Gasteiger partial charge on any atom is -0.483 e. The van der Waals surface area contributed by atoms with Gasteiger partial charge >= 0.3 is 35.8 Å². The van der Waals surface area contributed by atoms with E-state index < -0.39 is 8.38 Å². The summed E-state index contributed by atoms with van der Waals surface area (Å²) in [6.45, 7) is 12.0. The Bertz CT molecular complexity index is 1240. The van der Waals surface area contributed by atoms with Crippen LogP contribution in [0.2, 0.25) is 0 Å². The van der Waals surface area contributed by atoms with Crippen LogP contribution >= 0.6 is 18.0 Å². The van der Waals surface area contributed by atoms with Crippen LogP contribution in [0.25, 0.3) is 21.5 Å². The molecule has 0 spiro atoms. The molecule has 0 saturated heterocycles. The van der Waals surface area contributed by atoms with E-state index in [1.807, 2.05) is 36.4 Å². The van der Waals surface area contributed by atoms with Crippen LogP contribution in [-0.4, -0.2) is 0 Å². The molecule has 0 aromatic heterocycles. The van der Waals surface area contributed by atoms with E-state index in [2.05, 4.69) is 86.7 Å². The Balaban J connectivity index is 0.000000204. The molecule has 4 aromatic rings. The van der Waals surface area contributed by atoms with Gasteiger partial charge in [0.1, 0.15) is 5.75 Å². The molecular formula is C30H32ClIrO2P+. The van der Waals surface area contributed by atoms with Crippen LogP contribution in [0, 0.1) is 35.7 Å². The molecule has 1 aliphatic heterocycles. The second-order valence-electron chi connectivity index (χ2n) is 9.76. The normalized spacial score (nSPS) is 26.4. The van der Waals surface area contributed by atoms with E-state index in [1.165, 1.54) is 28.7 Å². The van der Waals surface area contributed by atoms with E-state index in [1.54, 1.807) is 0 Å². The Morgan fingerprint density at radius 1 is 0.743 bits per heavy atom. The van der Waals surface area contributed by atoms with Gasteiger partial charge in [0, 0.05) is 5.39 Å². The molecule has 2 nitrogen and oxygen atoms in total. The molecule has 5 heteroatoms. The first-order chi connectivity index (χ1) is 17.0. The number of hydrogen-bond acceptors (Lipinski definition) is 2. The van der Waals surface area contributed by atoms with E-state index in [0.717, 1.165) is 57.2 Å². The Morgan fingerprint density at radius 3 is 1.94 bits per heavy atom. The van der Waals surface area contributed by atoms with Gasteiger partial charge in [-0.3, -0.25) is 0 Å². The number of hydrogen-bond donors (Lipinski definition) is 0. The first-order valence-electron chi connectivity index (χ1n) is 12.2. The summed E-state index contributed by atoms with van der Waals surface area (Å²) in [5.74, 6) is 6.41. The molecule has 1 unspecified atom stereocenters. The van der Waals surface area contributed by atoms with Crippen LogP contribution in [-0.2, 0) is 17.9 Å². The van der Waals surface area contributed by atoms with E-state index >= 15 is 0 Å². The maximum absolute atomic E-state index is 6.27. The number of fused-ring (bicyclic) bond motifs is 1. The minimum absolute atomic E-state index is 0.819. The maximum Gasteiger partial charge on any atom is 0.317 e. The first kappa shape index (κ1) is 26.4. The van der Waals surface area contributed by atoms with Gasteiger partial charge in [-0.05, 0) is 47.1 Å². The largest absolute Gasteiger partial charge is 0.483 e. The van der Waals surface area contributed by atoms with Gasteiger partial charge in [-0.1, -0.05) is 77.1 Å². The summed E-state index contributed by atoms with van der Waals surface area (Å²) in [7, 11) is 3.48. The average molecular weight is 683 g/mol. The van der Waals surface area contributed by atoms with Gasteiger partial charge in [-0.2, -0.15) is 0 Å². The van der Waals surface area contributed by atoms with Crippen molar-refractivity contribution in [2.75, 3.05) is 0 Å². The molecule has 2 aliphatic rings.